The molecule has 0 fully saturated rings. The number of unbranched alkanes of at least 4 members (excludes halogenated alkanes) is 1. The summed E-state index contributed by atoms with van der Waals surface area (Å²) in [5.74, 6) is -1.74. The van der Waals surface area contributed by atoms with Crippen LogP contribution in [-0.4, -0.2) is 32.7 Å². The van der Waals surface area contributed by atoms with Crippen LogP contribution in [-0.2, 0) is 9.59 Å². The number of hydrogen-bond donors (Lipinski definition) is 4. The highest BCUT2D eigenvalue weighted by atomic mass is 17.0. The van der Waals surface area contributed by atoms with Gasteiger partial charge in [0.05, 0.1) is 0 Å². The zero-order valence-corrected chi connectivity index (χ0v) is 6.43. The van der Waals surface area contributed by atoms with Crippen LogP contribution in [0.5, 0.6) is 0 Å². The first kappa shape index (κ1) is 13.4. The molecule has 0 rings (SSSR count). The molecule has 0 saturated heterocycles. The van der Waals surface area contributed by atoms with Gasteiger partial charge >= 0.3 is 11.9 Å². The van der Waals surface area contributed by atoms with Gasteiger partial charge in [-0.2, -0.15) is 0 Å². The second kappa shape index (κ2) is 9.86. The topological polar surface area (TPSA) is 115 Å². The Morgan fingerprint density at radius 3 is 1.25 bits per heavy atom. The number of carboxylic acids is 2. The third kappa shape index (κ3) is 15.9. The summed E-state index contributed by atoms with van der Waals surface area (Å²) >= 11 is 0. The standard InChI is InChI=1S/C6H10O4.H2O2/c7-5(8)3-1-2-4-6(9)10;1-2/h1-4H2,(H,7,8)(H,9,10);1-2H. The molecule has 12 heavy (non-hydrogen) atoms. The van der Waals surface area contributed by atoms with Crippen molar-refractivity contribution in [3.8, 4) is 0 Å². The van der Waals surface area contributed by atoms with E-state index >= 15 is 0 Å². The molecule has 0 aliphatic rings. The quantitative estimate of drug-likeness (QED) is 0.281. The summed E-state index contributed by atoms with van der Waals surface area (Å²) in [5.41, 5.74) is 0. The number of carbonyl (C=O) groups is 2. The summed E-state index contributed by atoms with van der Waals surface area (Å²) in [4.78, 5) is 19.8. The summed E-state index contributed by atoms with van der Waals surface area (Å²) in [6.07, 6.45) is 1.02. The third-order valence-electron chi connectivity index (χ3n) is 1.03. The highest BCUT2D eigenvalue weighted by Gasteiger charge is 1.99. The van der Waals surface area contributed by atoms with Gasteiger partial charge in [-0.1, -0.05) is 0 Å². The molecule has 0 unspecified atom stereocenters. The zero-order valence-electron chi connectivity index (χ0n) is 6.43. The van der Waals surface area contributed by atoms with Gasteiger partial charge in [-0.25, -0.2) is 0 Å². The van der Waals surface area contributed by atoms with E-state index in [2.05, 4.69) is 0 Å². The van der Waals surface area contributed by atoms with Gasteiger partial charge < -0.3 is 10.2 Å². The summed E-state index contributed by atoms with van der Waals surface area (Å²) < 4.78 is 0. The van der Waals surface area contributed by atoms with Crippen molar-refractivity contribution < 1.29 is 30.3 Å². The minimum Gasteiger partial charge on any atom is -0.481 e. The Morgan fingerprint density at radius 2 is 1.08 bits per heavy atom. The Kier molecular flexibility index (Phi) is 11.1. The maximum atomic E-state index is 9.90. The molecule has 0 atom stereocenters. The first-order valence-corrected chi connectivity index (χ1v) is 3.26. The van der Waals surface area contributed by atoms with Gasteiger partial charge in [-0.3, -0.25) is 20.1 Å². The smallest absolute Gasteiger partial charge is 0.303 e. The predicted molar refractivity (Wildman–Crippen MR) is 39.0 cm³/mol. The van der Waals surface area contributed by atoms with E-state index in [9.17, 15) is 9.59 Å². The largest absolute Gasteiger partial charge is 0.481 e. The Hall–Kier alpha value is -1.14. The van der Waals surface area contributed by atoms with Crippen molar-refractivity contribution in [3.63, 3.8) is 0 Å². The molecule has 0 aromatic heterocycles. The number of hydrogen-bond acceptors (Lipinski definition) is 4. The molecular weight excluding hydrogens is 168 g/mol. The fraction of sp³-hybridized carbons (Fsp3) is 0.667. The van der Waals surface area contributed by atoms with E-state index in [1.807, 2.05) is 0 Å². The first-order chi connectivity index (χ1) is 5.63. The normalized spacial score (nSPS) is 8.17. The van der Waals surface area contributed by atoms with Crippen LogP contribution in [0.1, 0.15) is 25.7 Å². The van der Waals surface area contributed by atoms with Crippen molar-refractivity contribution in [2.75, 3.05) is 0 Å². The average molecular weight is 180 g/mol. The molecule has 0 bridgehead atoms. The second-order valence-corrected chi connectivity index (χ2v) is 1.99. The molecule has 0 aliphatic carbocycles. The van der Waals surface area contributed by atoms with E-state index in [1.165, 1.54) is 0 Å². The lowest BCUT2D eigenvalue weighted by atomic mass is 10.2. The van der Waals surface area contributed by atoms with E-state index in [-0.39, 0.29) is 12.8 Å². The fourth-order valence-electron chi connectivity index (χ4n) is 0.552. The van der Waals surface area contributed by atoms with E-state index < -0.39 is 11.9 Å². The van der Waals surface area contributed by atoms with Crippen LogP contribution in [0, 0.1) is 0 Å². The molecule has 0 heterocycles. The summed E-state index contributed by atoms with van der Waals surface area (Å²) in [7, 11) is 0. The van der Waals surface area contributed by atoms with Crippen LogP contribution >= 0.6 is 0 Å². The third-order valence-corrected chi connectivity index (χ3v) is 1.03. The molecule has 6 nitrogen and oxygen atoms in total. The molecule has 4 N–H and O–H groups in total. The van der Waals surface area contributed by atoms with Gasteiger partial charge in [0, 0.05) is 12.8 Å². The van der Waals surface area contributed by atoms with Gasteiger partial charge in [0.2, 0.25) is 0 Å². The summed E-state index contributed by atoms with van der Waals surface area (Å²) in [6.45, 7) is 0. The van der Waals surface area contributed by atoms with Crippen LogP contribution in [0.15, 0.2) is 0 Å². The maximum absolute atomic E-state index is 9.90. The van der Waals surface area contributed by atoms with E-state index in [4.69, 9.17) is 20.7 Å². The molecule has 0 aliphatic heterocycles. The van der Waals surface area contributed by atoms with Crippen molar-refractivity contribution in [1.29, 1.82) is 0 Å². The Morgan fingerprint density at radius 1 is 0.833 bits per heavy atom. The van der Waals surface area contributed by atoms with Gasteiger partial charge in [-0.15, -0.1) is 0 Å². The molecule has 0 saturated carbocycles. The van der Waals surface area contributed by atoms with Gasteiger partial charge in [0.15, 0.2) is 0 Å². The van der Waals surface area contributed by atoms with Crippen LogP contribution in [0.25, 0.3) is 0 Å². The predicted octanol–water partition coefficient (Wildman–Crippen LogP) is 0.733. The lowest BCUT2D eigenvalue weighted by molar-refractivity contribution is -0.176. The number of rotatable bonds is 5. The number of aliphatic carboxylic acids is 2. The van der Waals surface area contributed by atoms with Crippen LogP contribution < -0.4 is 0 Å². The van der Waals surface area contributed by atoms with Crippen LogP contribution in [0.3, 0.4) is 0 Å². The van der Waals surface area contributed by atoms with Gasteiger partial charge in [0.25, 0.3) is 0 Å². The molecule has 0 amide bonds. The van der Waals surface area contributed by atoms with Crippen molar-refractivity contribution in [2.45, 2.75) is 25.7 Å². The molecule has 0 aromatic rings. The Labute approximate surface area is 69.0 Å². The van der Waals surface area contributed by atoms with Crippen molar-refractivity contribution in [2.24, 2.45) is 0 Å². The molecule has 6 heteroatoms. The molecular formula is C6H12O6. The lowest BCUT2D eigenvalue weighted by Gasteiger charge is -1.92. The van der Waals surface area contributed by atoms with Crippen molar-refractivity contribution >= 4 is 11.9 Å². The molecule has 0 spiro atoms. The first-order valence-electron chi connectivity index (χ1n) is 3.26. The zero-order chi connectivity index (χ0) is 9.98. The fourth-order valence-corrected chi connectivity index (χ4v) is 0.552. The molecule has 0 aromatic carbocycles. The second-order valence-electron chi connectivity index (χ2n) is 1.99. The maximum Gasteiger partial charge on any atom is 0.303 e. The van der Waals surface area contributed by atoms with E-state index in [0.717, 1.165) is 0 Å². The molecule has 72 valence electrons. The minimum atomic E-state index is -0.870. The highest BCUT2D eigenvalue weighted by Crippen LogP contribution is 1.98. The van der Waals surface area contributed by atoms with Crippen LogP contribution in [0.4, 0.5) is 0 Å². The van der Waals surface area contributed by atoms with Gasteiger partial charge in [0.1, 0.15) is 0 Å². The monoisotopic (exact) mass is 180 g/mol. The molecule has 0 radical (unpaired) electrons. The van der Waals surface area contributed by atoms with E-state index in [0.29, 0.717) is 12.8 Å². The van der Waals surface area contributed by atoms with Crippen molar-refractivity contribution in [1.82, 2.24) is 0 Å². The summed E-state index contributed by atoms with van der Waals surface area (Å²) in [6, 6.07) is 0. The highest BCUT2D eigenvalue weighted by molar-refractivity contribution is 5.67. The lowest BCUT2D eigenvalue weighted by Crippen LogP contribution is -1.97. The summed E-state index contributed by atoms with van der Waals surface area (Å²) in [5, 5.41) is 28.3. The van der Waals surface area contributed by atoms with Crippen molar-refractivity contribution in [3.05, 3.63) is 0 Å². The minimum absolute atomic E-state index is 0.0628. The Balaban J connectivity index is 0. The Bertz CT molecular complexity index is 116. The van der Waals surface area contributed by atoms with Gasteiger partial charge in [-0.05, 0) is 12.8 Å². The van der Waals surface area contributed by atoms with Crippen LogP contribution in [0.2, 0.25) is 0 Å². The van der Waals surface area contributed by atoms with E-state index in [1.54, 1.807) is 0 Å². The average Bonchev–Trinajstić information content (AvgIpc) is 2.02. The SMILES string of the molecule is O=C(O)CCCCC(=O)O.OO. The number of carboxylic acid groups (broad SMARTS) is 2.